The summed E-state index contributed by atoms with van der Waals surface area (Å²) in [6, 6.07) is -1.04. The van der Waals surface area contributed by atoms with E-state index in [1.807, 2.05) is 0 Å². The summed E-state index contributed by atoms with van der Waals surface area (Å²) in [4.78, 5) is 22.6. The molecule has 0 radical (unpaired) electrons. The number of nitrogens with one attached hydrogen (secondary N) is 1. The third-order valence-corrected chi connectivity index (χ3v) is 4.61. The smallest absolute Gasteiger partial charge is 0.328 e. The number of hydrogen-bond acceptors (Lipinski definition) is 4. The van der Waals surface area contributed by atoms with Crippen LogP contribution < -0.4 is 0 Å². The number of carbonyl (C=O) groups is 2. The minimum Gasteiger partial charge on any atom is -0.480 e. The molecule has 15 heavy (non-hydrogen) atoms. The predicted molar refractivity (Wildman–Crippen MR) is 56.5 cm³/mol. The maximum absolute atomic E-state index is 11.4. The van der Waals surface area contributed by atoms with E-state index in [0.717, 1.165) is 0 Å². The van der Waals surface area contributed by atoms with Crippen LogP contribution in [-0.2, 0) is 9.59 Å². The van der Waals surface area contributed by atoms with Crippen LogP contribution >= 0.6 is 23.4 Å². The van der Waals surface area contributed by atoms with Gasteiger partial charge in [-0.1, -0.05) is 0 Å². The van der Waals surface area contributed by atoms with Crippen molar-refractivity contribution in [1.82, 2.24) is 4.90 Å². The lowest BCUT2D eigenvalue weighted by atomic mass is 9.96. The predicted octanol–water partition coefficient (Wildman–Crippen LogP) is 0.372. The lowest BCUT2D eigenvalue weighted by molar-refractivity contribution is -0.151. The summed E-state index contributed by atoms with van der Waals surface area (Å²) in [7, 11) is 0. The molecule has 0 saturated carbocycles. The van der Waals surface area contributed by atoms with Gasteiger partial charge in [0.15, 0.2) is 6.04 Å². The molecule has 2 aliphatic heterocycles. The number of alkyl halides is 1. The Morgan fingerprint density at radius 2 is 2.40 bits per heavy atom. The van der Waals surface area contributed by atoms with E-state index >= 15 is 0 Å². The molecule has 3 atom stereocenters. The third kappa shape index (κ3) is 1.35. The van der Waals surface area contributed by atoms with Gasteiger partial charge < -0.3 is 10.0 Å². The molecule has 7 heteroatoms. The average Bonchev–Trinajstić information content (AvgIpc) is 2.14. The first-order chi connectivity index (χ1) is 6.86. The number of carboxylic acids is 1. The van der Waals surface area contributed by atoms with Crippen LogP contribution in [-0.4, -0.2) is 49.6 Å². The van der Waals surface area contributed by atoms with Crippen LogP contribution in [0.5, 0.6) is 0 Å². The molecule has 82 valence electrons. The summed E-state index contributed by atoms with van der Waals surface area (Å²) in [5.41, 5.74) is -0.0292. The minimum atomic E-state index is -1.11. The first kappa shape index (κ1) is 10.8. The van der Waals surface area contributed by atoms with Crippen molar-refractivity contribution in [3.05, 3.63) is 0 Å². The Kier molecular flexibility index (Phi) is 2.24. The van der Waals surface area contributed by atoms with Gasteiger partial charge in [-0.15, -0.1) is 23.4 Å². The zero-order valence-corrected chi connectivity index (χ0v) is 9.43. The standard InChI is InChI=1S/C8H9ClN2O3S/c1-8(9)2-15-6-3(10)5(12)11(6)4(8)7(13)14/h4,6,10H,2H2,1H3,(H,13,14)/t4?,6-,8-/m1/s1. The fourth-order valence-electron chi connectivity index (χ4n) is 1.83. The van der Waals surface area contributed by atoms with Gasteiger partial charge in [-0.2, -0.15) is 0 Å². The van der Waals surface area contributed by atoms with Crippen molar-refractivity contribution < 1.29 is 14.7 Å². The van der Waals surface area contributed by atoms with Crippen molar-refractivity contribution in [2.45, 2.75) is 23.2 Å². The molecule has 2 aliphatic rings. The van der Waals surface area contributed by atoms with E-state index < -0.39 is 28.2 Å². The molecule has 2 fully saturated rings. The number of thioether (sulfide) groups is 1. The first-order valence-electron chi connectivity index (χ1n) is 4.30. The SMILES string of the molecule is C[C@@]1(Cl)CS[C@@H]2C(=N)C(=O)N2C1C(=O)O. The Balaban J connectivity index is 2.34. The van der Waals surface area contributed by atoms with Crippen molar-refractivity contribution in [3.63, 3.8) is 0 Å². The number of amides is 1. The molecule has 2 rings (SSSR count). The number of carboxylic acid groups (broad SMARTS) is 1. The number of hydrogen-bond donors (Lipinski definition) is 2. The van der Waals surface area contributed by atoms with Gasteiger partial charge in [-0.25, -0.2) is 4.79 Å². The summed E-state index contributed by atoms with van der Waals surface area (Å²) in [5, 5.41) is 16.0. The van der Waals surface area contributed by atoms with Crippen molar-refractivity contribution in [1.29, 1.82) is 5.41 Å². The summed E-state index contributed by atoms with van der Waals surface area (Å²) < 4.78 is 0. The van der Waals surface area contributed by atoms with Gasteiger partial charge in [-0.05, 0) is 6.92 Å². The van der Waals surface area contributed by atoms with Gasteiger partial charge in [0.25, 0.3) is 5.91 Å². The molecule has 5 nitrogen and oxygen atoms in total. The van der Waals surface area contributed by atoms with Crippen molar-refractivity contribution in [2.75, 3.05) is 5.75 Å². The molecule has 2 N–H and O–H groups in total. The Morgan fingerprint density at radius 3 is 2.93 bits per heavy atom. The second kappa shape index (κ2) is 3.12. The number of fused-ring (bicyclic) bond motifs is 1. The lowest BCUT2D eigenvalue weighted by Crippen LogP contribution is -2.72. The van der Waals surface area contributed by atoms with E-state index in [-0.39, 0.29) is 5.71 Å². The van der Waals surface area contributed by atoms with Crippen LogP contribution in [0.1, 0.15) is 6.92 Å². The fourth-order valence-corrected chi connectivity index (χ4v) is 3.50. The normalized spacial score (nSPS) is 39.7. The van der Waals surface area contributed by atoms with E-state index in [0.29, 0.717) is 5.75 Å². The molecule has 0 aromatic rings. The van der Waals surface area contributed by atoms with Gasteiger partial charge in [0.2, 0.25) is 0 Å². The zero-order valence-electron chi connectivity index (χ0n) is 7.86. The van der Waals surface area contributed by atoms with Gasteiger partial charge in [0.05, 0.1) is 4.87 Å². The maximum Gasteiger partial charge on any atom is 0.328 e. The second-order valence-electron chi connectivity index (χ2n) is 3.81. The number of halogens is 1. The van der Waals surface area contributed by atoms with Crippen LogP contribution in [0, 0.1) is 5.41 Å². The van der Waals surface area contributed by atoms with Crippen LogP contribution in [0.25, 0.3) is 0 Å². The van der Waals surface area contributed by atoms with Gasteiger partial charge >= 0.3 is 5.97 Å². The van der Waals surface area contributed by atoms with E-state index in [1.54, 1.807) is 6.92 Å². The monoisotopic (exact) mass is 248 g/mol. The Labute approximate surface area is 95.3 Å². The Hall–Kier alpha value is -0.750. The fraction of sp³-hybridized carbons (Fsp3) is 0.625. The van der Waals surface area contributed by atoms with Crippen molar-refractivity contribution >= 4 is 41.0 Å². The highest BCUT2D eigenvalue weighted by atomic mass is 35.5. The summed E-state index contributed by atoms with van der Waals surface area (Å²) in [5.74, 6) is -1.22. The summed E-state index contributed by atoms with van der Waals surface area (Å²) in [6.45, 7) is 1.60. The van der Waals surface area contributed by atoms with Crippen LogP contribution in [0.4, 0.5) is 0 Å². The number of rotatable bonds is 1. The number of aliphatic carboxylic acids is 1. The highest BCUT2D eigenvalue weighted by Gasteiger charge is 2.58. The molecule has 0 spiro atoms. The molecule has 1 unspecified atom stereocenters. The van der Waals surface area contributed by atoms with E-state index in [2.05, 4.69) is 0 Å². The van der Waals surface area contributed by atoms with Crippen LogP contribution in [0.2, 0.25) is 0 Å². The minimum absolute atomic E-state index is 0.0292. The third-order valence-electron chi connectivity index (χ3n) is 2.57. The summed E-state index contributed by atoms with van der Waals surface area (Å²) >= 11 is 7.41. The molecule has 0 bridgehead atoms. The molecule has 2 heterocycles. The van der Waals surface area contributed by atoms with E-state index in [4.69, 9.17) is 22.1 Å². The molecular formula is C8H9ClN2O3S. The molecule has 2 saturated heterocycles. The first-order valence-corrected chi connectivity index (χ1v) is 5.73. The van der Waals surface area contributed by atoms with Gasteiger partial charge in [0, 0.05) is 5.75 Å². The molecule has 0 aliphatic carbocycles. The topological polar surface area (TPSA) is 81.5 Å². The van der Waals surface area contributed by atoms with E-state index in [1.165, 1.54) is 16.7 Å². The lowest BCUT2D eigenvalue weighted by Gasteiger charge is -2.52. The Bertz CT molecular complexity index is 371. The zero-order chi connectivity index (χ0) is 11.4. The second-order valence-corrected chi connectivity index (χ2v) is 5.74. The summed E-state index contributed by atoms with van der Waals surface area (Å²) in [6.07, 6.45) is 0. The Morgan fingerprint density at radius 1 is 1.80 bits per heavy atom. The van der Waals surface area contributed by atoms with Crippen molar-refractivity contribution in [3.8, 4) is 0 Å². The molecule has 1 amide bonds. The number of nitrogens with zero attached hydrogens (tertiary/aromatic N) is 1. The highest BCUT2D eigenvalue weighted by molar-refractivity contribution is 8.01. The molecule has 0 aromatic carbocycles. The van der Waals surface area contributed by atoms with Crippen LogP contribution in [0.15, 0.2) is 0 Å². The number of β-lactam (4-membered cyclic amide) rings is 1. The number of carbonyl (C=O) groups excluding carboxylic acids is 1. The quantitative estimate of drug-likeness (QED) is 0.519. The van der Waals surface area contributed by atoms with Gasteiger partial charge in [-0.3, -0.25) is 10.2 Å². The van der Waals surface area contributed by atoms with E-state index in [9.17, 15) is 9.59 Å². The molecule has 0 aromatic heterocycles. The average molecular weight is 249 g/mol. The van der Waals surface area contributed by atoms with Crippen molar-refractivity contribution in [2.24, 2.45) is 0 Å². The molecular weight excluding hydrogens is 240 g/mol. The maximum atomic E-state index is 11.4. The largest absolute Gasteiger partial charge is 0.480 e. The van der Waals surface area contributed by atoms with Gasteiger partial charge in [0.1, 0.15) is 11.1 Å². The van der Waals surface area contributed by atoms with Crippen LogP contribution in [0.3, 0.4) is 0 Å². The highest BCUT2D eigenvalue weighted by Crippen LogP contribution is 2.43.